The molecule has 0 saturated carbocycles. The van der Waals surface area contributed by atoms with Gasteiger partial charge in [-0.25, -0.2) is 0 Å². The first-order valence-corrected chi connectivity index (χ1v) is 8.49. The third kappa shape index (κ3) is 2.58. The molecule has 21 heavy (non-hydrogen) atoms. The number of carbonyl (C=O) groups excluding carboxylic acids is 1. The van der Waals surface area contributed by atoms with Gasteiger partial charge in [0.05, 0.1) is 0 Å². The number of nitrogens with zero attached hydrogens (tertiary/aromatic N) is 1. The number of hydrogen-bond donors (Lipinski definition) is 0. The van der Waals surface area contributed by atoms with E-state index < -0.39 is 0 Å². The zero-order valence-corrected chi connectivity index (χ0v) is 13.2. The molecule has 0 spiro atoms. The maximum atomic E-state index is 13.0. The fraction of sp³-hybridized carbons (Fsp3) is 0.278. The van der Waals surface area contributed by atoms with Crippen LogP contribution in [0.5, 0.6) is 0 Å². The minimum absolute atomic E-state index is 0.127. The van der Waals surface area contributed by atoms with Gasteiger partial charge in [-0.2, -0.15) is 0 Å². The van der Waals surface area contributed by atoms with E-state index >= 15 is 0 Å². The van der Waals surface area contributed by atoms with Crippen molar-refractivity contribution in [2.45, 2.75) is 18.6 Å². The van der Waals surface area contributed by atoms with E-state index in [2.05, 4.69) is 19.1 Å². The highest BCUT2D eigenvalue weighted by atomic mass is 32.2. The minimum Gasteiger partial charge on any atom is -0.311 e. The van der Waals surface area contributed by atoms with E-state index in [-0.39, 0.29) is 11.2 Å². The summed E-state index contributed by atoms with van der Waals surface area (Å²) in [5.74, 6) is 0.193. The molecule has 1 aliphatic heterocycles. The summed E-state index contributed by atoms with van der Waals surface area (Å²) in [5, 5.41) is -0.127. The van der Waals surface area contributed by atoms with Gasteiger partial charge in [0.25, 0.3) is 0 Å². The molecule has 2 nitrogen and oxygen atoms in total. The summed E-state index contributed by atoms with van der Waals surface area (Å²) < 4.78 is 0. The fourth-order valence-corrected chi connectivity index (χ4v) is 3.74. The topological polar surface area (TPSA) is 20.3 Å². The van der Waals surface area contributed by atoms with Crippen LogP contribution in [0, 0.1) is 6.92 Å². The van der Waals surface area contributed by atoms with Crippen LogP contribution in [0.2, 0.25) is 0 Å². The van der Waals surface area contributed by atoms with Crippen LogP contribution >= 0.6 is 11.8 Å². The van der Waals surface area contributed by atoms with Crippen molar-refractivity contribution in [3.8, 4) is 0 Å². The van der Waals surface area contributed by atoms with Gasteiger partial charge in [0.15, 0.2) is 0 Å². The number of benzene rings is 2. The Bertz CT molecular complexity index is 654. The average molecular weight is 297 g/mol. The van der Waals surface area contributed by atoms with Crippen LogP contribution in [0.3, 0.4) is 0 Å². The lowest BCUT2D eigenvalue weighted by atomic mass is 10.1. The Morgan fingerprint density at radius 2 is 1.90 bits per heavy atom. The Morgan fingerprint density at radius 1 is 1.14 bits per heavy atom. The highest BCUT2D eigenvalue weighted by Crippen LogP contribution is 2.36. The summed E-state index contributed by atoms with van der Waals surface area (Å²) in [6.45, 7) is 2.92. The van der Waals surface area contributed by atoms with Crippen LogP contribution in [0.1, 0.15) is 21.9 Å². The molecule has 0 N–H and O–H groups in total. The summed E-state index contributed by atoms with van der Waals surface area (Å²) in [6, 6.07) is 16.3. The molecule has 2 aromatic rings. The van der Waals surface area contributed by atoms with Crippen molar-refractivity contribution in [3.05, 3.63) is 65.2 Å². The monoisotopic (exact) mass is 297 g/mol. The first-order valence-electron chi connectivity index (χ1n) is 7.20. The van der Waals surface area contributed by atoms with E-state index in [1.165, 1.54) is 11.1 Å². The molecule has 0 aliphatic carbocycles. The van der Waals surface area contributed by atoms with Crippen LogP contribution in [0.4, 0.5) is 5.69 Å². The van der Waals surface area contributed by atoms with E-state index in [9.17, 15) is 4.79 Å². The normalized spacial score (nSPS) is 14.9. The highest BCUT2D eigenvalue weighted by molar-refractivity contribution is 7.99. The van der Waals surface area contributed by atoms with Crippen molar-refractivity contribution in [1.82, 2.24) is 0 Å². The molecule has 1 unspecified atom stereocenters. The smallest absolute Gasteiger partial charge is 0.244 e. The summed E-state index contributed by atoms with van der Waals surface area (Å²) in [7, 11) is 0. The molecule has 3 rings (SSSR count). The van der Waals surface area contributed by atoms with Gasteiger partial charge in [0, 0.05) is 12.2 Å². The number of rotatable bonds is 3. The number of thioether (sulfide) groups is 1. The lowest BCUT2D eigenvalue weighted by Crippen LogP contribution is -2.32. The molecule has 2 aromatic carbocycles. The van der Waals surface area contributed by atoms with Crippen LogP contribution < -0.4 is 4.90 Å². The number of amides is 1. The number of anilines is 1. The third-order valence-corrected chi connectivity index (χ3v) is 5.04. The molecule has 1 atom stereocenters. The molecule has 1 heterocycles. The maximum Gasteiger partial charge on any atom is 0.244 e. The Morgan fingerprint density at radius 3 is 2.62 bits per heavy atom. The number of carbonyl (C=O) groups is 1. The van der Waals surface area contributed by atoms with Gasteiger partial charge < -0.3 is 4.90 Å². The quantitative estimate of drug-likeness (QED) is 0.854. The Kier molecular flexibility index (Phi) is 4.02. The molecule has 108 valence electrons. The minimum atomic E-state index is -0.127. The molecule has 0 fully saturated rings. The molecule has 3 heteroatoms. The van der Waals surface area contributed by atoms with Gasteiger partial charge in [-0.3, -0.25) is 4.79 Å². The summed E-state index contributed by atoms with van der Waals surface area (Å²) in [4.78, 5) is 14.9. The molecule has 0 bridgehead atoms. The first-order chi connectivity index (χ1) is 10.2. The van der Waals surface area contributed by atoms with E-state index in [0.717, 1.165) is 24.2 Å². The zero-order valence-electron chi connectivity index (χ0n) is 12.4. The fourth-order valence-electron chi connectivity index (χ4n) is 2.99. The predicted molar refractivity (Wildman–Crippen MR) is 89.9 cm³/mol. The van der Waals surface area contributed by atoms with Crippen molar-refractivity contribution < 1.29 is 4.79 Å². The SMILES string of the molecule is CSC(C(=O)N1CCc2c(C)cccc21)c1ccccc1. The van der Waals surface area contributed by atoms with Gasteiger partial charge in [-0.15, -0.1) is 11.8 Å². The lowest BCUT2D eigenvalue weighted by Gasteiger charge is -2.23. The largest absolute Gasteiger partial charge is 0.311 e. The van der Waals surface area contributed by atoms with Gasteiger partial charge >= 0.3 is 0 Å². The van der Waals surface area contributed by atoms with Gasteiger partial charge in [0.1, 0.15) is 5.25 Å². The molecular weight excluding hydrogens is 278 g/mol. The number of hydrogen-bond acceptors (Lipinski definition) is 2. The third-order valence-electron chi connectivity index (χ3n) is 4.09. The van der Waals surface area contributed by atoms with Gasteiger partial charge in [-0.1, -0.05) is 42.5 Å². The second-order valence-corrected chi connectivity index (χ2v) is 6.28. The molecule has 1 amide bonds. The standard InChI is InChI=1S/C18H19NOS/c1-13-7-6-10-16-15(13)11-12-19(16)18(20)17(21-2)14-8-4-3-5-9-14/h3-10,17H,11-12H2,1-2H3. The first kappa shape index (κ1) is 14.2. The molecule has 1 aliphatic rings. The average Bonchev–Trinajstić information content (AvgIpc) is 2.94. The zero-order chi connectivity index (χ0) is 14.8. The summed E-state index contributed by atoms with van der Waals surface area (Å²) in [5.41, 5.74) is 4.77. The predicted octanol–water partition coefficient (Wildman–Crippen LogP) is 3.99. The molecular formula is C18H19NOS. The molecule has 0 aromatic heterocycles. The van der Waals surface area contributed by atoms with Crippen molar-refractivity contribution in [3.63, 3.8) is 0 Å². The van der Waals surface area contributed by atoms with Crippen LogP contribution in [0.15, 0.2) is 48.5 Å². The number of aryl methyl sites for hydroxylation is 1. The molecule has 0 saturated heterocycles. The Labute approximate surface area is 130 Å². The van der Waals surface area contributed by atoms with Crippen molar-refractivity contribution in [2.24, 2.45) is 0 Å². The molecule has 0 radical (unpaired) electrons. The van der Waals surface area contributed by atoms with E-state index in [0.29, 0.717) is 0 Å². The van der Waals surface area contributed by atoms with E-state index in [1.54, 1.807) is 11.8 Å². The van der Waals surface area contributed by atoms with Gasteiger partial charge in [-0.05, 0) is 42.4 Å². The second kappa shape index (κ2) is 5.94. The van der Waals surface area contributed by atoms with Crippen LogP contribution in [0.25, 0.3) is 0 Å². The maximum absolute atomic E-state index is 13.0. The van der Waals surface area contributed by atoms with E-state index in [1.807, 2.05) is 47.6 Å². The Balaban J connectivity index is 1.92. The summed E-state index contributed by atoms with van der Waals surface area (Å²) >= 11 is 1.61. The van der Waals surface area contributed by atoms with Crippen molar-refractivity contribution >= 4 is 23.4 Å². The van der Waals surface area contributed by atoms with Gasteiger partial charge in [0.2, 0.25) is 5.91 Å². The number of fused-ring (bicyclic) bond motifs is 1. The van der Waals surface area contributed by atoms with Crippen LogP contribution in [-0.4, -0.2) is 18.7 Å². The lowest BCUT2D eigenvalue weighted by molar-refractivity contribution is -0.118. The summed E-state index contributed by atoms with van der Waals surface area (Å²) in [6.07, 6.45) is 2.96. The van der Waals surface area contributed by atoms with Crippen molar-refractivity contribution in [2.75, 3.05) is 17.7 Å². The highest BCUT2D eigenvalue weighted by Gasteiger charge is 2.31. The Hall–Kier alpha value is -1.74. The second-order valence-electron chi connectivity index (χ2n) is 5.34. The van der Waals surface area contributed by atoms with E-state index in [4.69, 9.17) is 0 Å². The van der Waals surface area contributed by atoms with Crippen molar-refractivity contribution in [1.29, 1.82) is 0 Å². The van der Waals surface area contributed by atoms with Crippen LogP contribution in [-0.2, 0) is 11.2 Å².